The number of rotatable bonds is 5. The minimum Gasteiger partial charge on any atom is -0.477 e. The van der Waals surface area contributed by atoms with E-state index in [1.807, 2.05) is 31.2 Å². The highest BCUT2D eigenvalue weighted by Gasteiger charge is 2.34. The van der Waals surface area contributed by atoms with Crippen molar-refractivity contribution in [3.8, 4) is 0 Å². The van der Waals surface area contributed by atoms with Gasteiger partial charge in [0.1, 0.15) is 11.7 Å². The molecule has 0 spiro atoms. The topological polar surface area (TPSA) is 112 Å². The van der Waals surface area contributed by atoms with Gasteiger partial charge in [-0.25, -0.2) is 14.6 Å². The molecule has 1 aromatic heterocycles. The molecule has 3 aromatic rings. The number of aromatic carboxylic acids is 1. The number of carbonyl (C=O) groups is 3. The van der Waals surface area contributed by atoms with Crippen molar-refractivity contribution in [1.29, 1.82) is 0 Å². The summed E-state index contributed by atoms with van der Waals surface area (Å²) in [5.74, 6) is -0.934. The summed E-state index contributed by atoms with van der Waals surface area (Å²) in [6.07, 6.45) is 1.33. The zero-order valence-corrected chi connectivity index (χ0v) is 19.5. The molecule has 4 rings (SSSR count). The monoisotopic (exact) mass is 460 g/mol. The molecule has 34 heavy (non-hydrogen) atoms. The lowest BCUT2D eigenvalue weighted by Crippen LogP contribution is -2.45. The molecule has 3 amide bonds. The number of fused-ring (bicyclic) bond motifs is 1. The Morgan fingerprint density at radius 3 is 2.44 bits per heavy atom. The number of aryl methyl sites for hydroxylation is 1. The van der Waals surface area contributed by atoms with Crippen molar-refractivity contribution in [2.75, 3.05) is 17.2 Å². The SMILES string of the molecule is Cc1cc(NC(=O)C2CCCN2C(=O)Nc2ccc(C(C)C)cc2)cc2ccc(C(=O)O)nc12. The second kappa shape index (κ2) is 9.51. The molecule has 176 valence electrons. The van der Waals surface area contributed by atoms with Crippen molar-refractivity contribution >= 4 is 40.2 Å². The minimum absolute atomic E-state index is 0.0289. The summed E-state index contributed by atoms with van der Waals surface area (Å²) >= 11 is 0. The number of aromatic nitrogens is 1. The highest BCUT2D eigenvalue weighted by atomic mass is 16.4. The number of urea groups is 1. The maximum Gasteiger partial charge on any atom is 0.354 e. The zero-order chi connectivity index (χ0) is 24.4. The van der Waals surface area contributed by atoms with Crippen LogP contribution in [0.5, 0.6) is 0 Å². The predicted molar refractivity (Wildman–Crippen MR) is 131 cm³/mol. The van der Waals surface area contributed by atoms with Crippen LogP contribution in [0, 0.1) is 6.92 Å². The Hall–Kier alpha value is -3.94. The largest absolute Gasteiger partial charge is 0.477 e. The number of anilines is 2. The summed E-state index contributed by atoms with van der Waals surface area (Å²) in [4.78, 5) is 42.9. The Morgan fingerprint density at radius 1 is 1.03 bits per heavy atom. The molecule has 2 heterocycles. The maximum atomic E-state index is 13.1. The molecular weight excluding hydrogens is 432 g/mol. The Labute approximate surface area is 198 Å². The highest BCUT2D eigenvalue weighted by molar-refractivity contribution is 6.01. The van der Waals surface area contributed by atoms with Gasteiger partial charge in [-0.15, -0.1) is 0 Å². The van der Waals surface area contributed by atoms with E-state index in [1.165, 1.54) is 11.6 Å². The Balaban J connectivity index is 1.46. The third-order valence-corrected chi connectivity index (χ3v) is 6.11. The minimum atomic E-state index is -1.09. The second-order valence-corrected chi connectivity index (χ2v) is 8.91. The summed E-state index contributed by atoms with van der Waals surface area (Å²) < 4.78 is 0. The summed E-state index contributed by atoms with van der Waals surface area (Å²) in [5, 5.41) is 15.7. The fourth-order valence-corrected chi connectivity index (χ4v) is 4.26. The van der Waals surface area contributed by atoms with Crippen LogP contribution in [0.2, 0.25) is 0 Å². The van der Waals surface area contributed by atoms with E-state index in [2.05, 4.69) is 29.5 Å². The number of hydrogen-bond acceptors (Lipinski definition) is 4. The van der Waals surface area contributed by atoms with Gasteiger partial charge >= 0.3 is 12.0 Å². The molecule has 1 aliphatic heterocycles. The van der Waals surface area contributed by atoms with Crippen molar-refractivity contribution in [2.24, 2.45) is 0 Å². The second-order valence-electron chi connectivity index (χ2n) is 8.91. The van der Waals surface area contributed by atoms with Crippen LogP contribution in [0.15, 0.2) is 48.5 Å². The van der Waals surface area contributed by atoms with Crippen LogP contribution >= 0.6 is 0 Å². The first-order valence-electron chi connectivity index (χ1n) is 11.4. The number of carboxylic acids is 1. The highest BCUT2D eigenvalue weighted by Crippen LogP contribution is 2.25. The Kier molecular flexibility index (Phi) is 6.49. The van der Waals surface area contributed by atoms with Gasteiger partial charge in [0.25, 0.3) is 0 Å². The van der Waals surface area contributed by atoms with E-state index in [0.29, 0.717) is 35.8 Å². The van der Waals surface area contributed by atoms with Crippen LogP contribution in [-0.2, 0) is 4.79 Å². The summed E-state index contributed by atoms with van der Waals surface area (Å²) in [7, 11) is 0. The number of hydrogen-bond donors (Lipinski definition) is 3. The zero-order valence-electron chi connectivity index (χ0n) is 19.5. The number of nitrogens with zero attached hydrogens (tertiary/aromatic N) is 2. The van der Waals surface area contributed by atoms with Gasteiger partial charge < -0.3 is 20.6 Å². The summed E-state index contributed by atoms with van der Waals surface area (Å²) in [6, 6.07) is 13.5. The van der Waals surface area contributed by atoms with Gasteiger partial charge in [-0.2, -0.15) is 0 Å². The molecule has 1 atom stereocenters. The van der Waals surface area contributed by atoms with E-state index in [0.717, 1.165) is 17.4 Å². The fourth-order valence-electron chi connectivity index (χ4n) is 4.26. The number of likely N-dealkylation sites (tertiary alicyclic amines) is 1. The lowest BCUT2D eigenvalue weighted by molar-refractivity contribution is -0.119. The Bertz CT molecular complexity index is 1250. The van der Waals surface area contributed by atoms with Crippen LogP contribution in [-0.4, -0.2) is 45.5 Å². The number of carboxylic acid groups (broad SMARTS) is 1. The number of pyridine rings is 1. The molecule has 1 unspecified atom stereocenters. The summed E-state index contributed by atoms with van der Waals surface area (Å²) in [6.45, 7) is 6.55. The predicted octanol–water partition coefficient (Wildman–Crippen LogP) is 5.00. The molecule has 3 N–H and O–H groups in total. The van der Waals surface area contributed by atoms with Crippen molar-refractivity contribution in [2.45, 2.75) is 45.6 Å². The third kappa shape index (κ3) is 4.85. The molecule has 8 nitrogen and oxygen atoms in total. The molecular formula is C26H28N4O4. The fraction of sp³-hybridized carbons (Fsp3) is 0.308. The van der Waals surface area contributed by atoms with Crippen LogP contribution in [0.1, 0.15) is 54.2 Å². The van der Waals surface area contributed by atoms with Gasteiger partial charge in [0, 0.05) is 23.3 Å². The van der Waals surface area contributed by atoms with Crippen LogP contribution in [0.3, 0.4) is 0 Å². The number of nitrogens with one attached hydrogen (secondary N) is 2. The van der Waals surface area contributed by atoms with E-state index in [1.54, 1.807) is 23.1 Å². The van der Waals surface area contributed by atoms with E-state index >= 15 is 0 Å². The van der Waals surface area contributed by atoms with E-state index in [4.69, 9.17) is 5.11 Å². The average molecular weight is 461 g/mol. The van der Waals surface area contributed by atoms with Gasteiger partial charge in [-0.3, -0.25) is 4.79 Å². The van der Waals surface area contributed by atoms with Crippen molar-refractivity contribution < 1.29 is 19.5 Å². The molecule has 8 heteroatoms. The van der Waals surface area contributed by atoms with Crippen molar-refractivity contribution in [3.63, 3.8) is 0 Å². The average Bonchev–Trinajstić information content (AvgIpc) is 3.29. The van der Waals surface area contributed by atoms with Gasteiger partial charge in [-0.1, -0.05) is 32.0 Å². The lowest BCUT2D eigenvalue weighted by atomic mass is 10.0. The van der Waals surface area contributed by atoms with Crippen LogP contribution in [0.25, 0.3) is 10.9 Å². The number of carbonyl (C=O) groups excluding carboxylic acids is 2. The van der Waals surface area contributed by atoms with Crippen molar-refractivity contribution in [1.82, 2.24) is 9.88 Å². The summed E-state index contributed by atoms with van der Waals surface area (Å²) in [5.41, 5.74) is 3.76. The van der Waals surface area contributed by atoms with Crippen LogP contribution in [0.4, 0.5) is 16.2 Å². The van der Waals surface area contributed by atoms with E-state index in [9.17, 15) is 14.4 Å². The first kappa shape index (κ1) is 23.2. The molecule has 2 aromatic carbocycles. The molecule has 0 saturated carbocycles. The van der Waals surface area contributed by atoms with Gasteiger partial charge in [0.15, 0.2) is 0 Å². The maximum absolute atomic E-state index is 13.1. The standard InChI is InChI=1S/C26H28N4O4/c1-15(2)17-6-9-19(10-7-17)28-26(34)30-12-4-5-22(30)24(31)27-20-13-16(3)23-18(14-20)8-11-21(29-23)25(32)33/h6-11,13-15,22H,4-5,12H2,1-3H3,(H,27,31)(H,28,34)(H,32,33). The Morgan fingerprint density at radius 2 is 1.76 bits per heavy atom. The first-order valence-corrected chi connectivity index (χ1v) is 11.4. The van der Waals surface area contributed by atoms with Gasteiger partial charge in [-0.05, 0) is 67.1 Å². The molecule has 0 aliphatic carbocycles. The number of amides is 3. The quantitative estimate of drug-likeness (QED) is 0.496. The van der Waals surface area contributed by atoms with Crippen LogP contribution < -0.4 is 10.6 Å². The molecule has 1 fully saturated rings. The lowest BCUT2D eigenvalue weighted by Gasteiger charge is -2.24. The molecule has 0 radical (unpaired) electrons. The van der Waals surface area contributed by atoms with E-state index in [-0.39, 0.29) is 17.6 Å². The molecule has 1 saturated heterocycles. The third-order valence-electron chi connectivity index (χ3n) is 6.11. The smallest absolute Gasteiger partial charge is 0.354 e. The number of benzene rings is 2. The first-order chi connectivity index (χ1) is 16.2. The molecule has 1 aliphatic rings. The van der Waals surface area contributed by atoms with E-state index < -0.39 is 12.0 Å². The molecule has 0 bridgehead atoms. The normalized spacial score (nSPS) is 15.5. The van der Waals surface area contributed by atoms with Gasteiger partial charge in [0.05, 0.1) is 5.52 Å². The van der Waals surface area contributed by atoms with Crippen molar-refractivity contribution in [3.05, 3.63) is 65.4 Å². The van der Waals surface area contributed by atoms with Gasteiger partial charge in [0.2, 0.25) is 5.91 Å².